The van der Waals surface area contributed by atoms with Gasteiger partial charge in [0, 0.05) is 19.0 Å². The van der Waals surface area contributed by atoms with Crippen molar-refractivity contribution in [3.05, 3.63) is 24.0 Å². The molecule has 0 bridgehead atoms. The minimum absolute atomic E-state index is 0.0459. The highest BCUT2D eigenvalue weighted by molar-refractivity contribution is 5.93. The number of amides is 1. The van der Waals surface area contributed by atoms with Gasteiger partial charge in [-0.3, -0.25) is 10.1 Å². The Hall–Kier alpha value is -1.95. The third-order valence-electron chi connectivity index (χ3n) is 4.01. The summed E-state index contributed by atoms with van der Waals surface area (Å²) in [4.78, 5) is 16.5. The van der Waals surface area contributed by atoms with Crippen LogP contribution in [0, 0.1) is 17.7 Å². The minimum Gasteiger partial charge on any atom is -0.316 e. The third-order valence-corrected chi connectivity index (χ3v) is 4.01. The van der Waals surface area contributed by atoms with E-state index in [0.29, 0.717) is 17.4 Å². The van der Waals surface area contributed by atoms with Crippen molar-refractivity contribution in [1.82, 2.24) is 14.9 Å². The molecule has 2 N–H and O–H groups in total. The molecule has 1 saturated heterocycles. The van der Waals surface area contributed by atoms with Crippen LogP contribution >= 0.6 is 0 Å². The molecule has 2 aromatic rings. The van der Waals surface area contributed by atoms with Gasteiger partial charge in [-0.25, -0.2) is 9.37 Å². The van der Waals surface area contributed by atoms with Gasteiger partial charge in [0.15, 0.2) is 0 Å². The molecule has 1 aromatic carbocycles. The lowest BCUT2D eigenvalue weighted by Crippen LogP contribution is -2.48. The Morgan fingerprint density at radius 3 is 2.95 bits per heavy atom. The first-order valence-electron chi connectivity index (χ1n) is 6.70. The van der Waals surface area contributed by atoms with Crippen LogP contribution in [0.1, 0.15) is 6.92 Å². The van der Waals surface area contributed by atoms with E-state index < -0.39 is 0 Å². The van der Waals surface area contributed by atoms with Gasteiger partial charge in [-0.2, -0.15) is 0 Å². The van der Waals surface area contributed by atoms with Crippen molar-refractivity contribution in [2.45, 2.75) is 6.92 Å². The summed E-state index contributed by atoms with van der Waals surface area (Å²) in [6.07, 6.45) is 0. The normalized spacial score (nSPS) is 16.9. The molecule has 1 amide bonds. The molecule has 0 radical (unpaired) electrons. The second-order valence-electron chi connectivity index (χ2n) is 5.32. The summed E-state index contributed by atoms with van der Waals surface area (Å²) >= 11 is 0. The molecule has 106 valence electrons. The minimum atomic E-state index is -0.331. The van der Waals surface area contributed by atoms with Crippen molar-refractivity contribution >= 4 is 22.9 Å². The highest BCUT2D eigenvalue weighted by Crippen LogP contribution is 2.21. The topological polar surface area (TPSA) is 59.0 Å². The number of imidazole rings is 1. The Balaban J connectivity index is 1.83. The Bertz CT molecular complexity index is 662. The average Bonchev–Trinajstić information content (AvgIpc) is 2.63. The molecular formula is C14H17FN4O. The summed E-state index contributed by atoms with van der Waals surface area (Å²) in [7, 11) is 1.80. The molecule has 0 spiro atoms. The van der Waals surface area contributed by atoms with Crippen LogP contribution in [0.5, 0.6) is 0 Å². The van der Waals surface area contributed by atoms with Gasteiger partial charge >= 0.3 is 0 Å². The summed E-state index contributed by atoms with van der Waals surface area (Å²) in [5.74, 6) is 0.391. The van der Waals surface area contributed by atoms with Crippen molar-refractivity contribution in [3.63, 3.8) is 0 Å². The van der Waals surface area contributed by atoms with E-state index in [4.69, 9.17) is 0 Å². The molecule has 1 fully saturated rings. The molecule has 0 saturated carbocycles. The van der Waals surface area contributed by atoms with Crippen LogP contribution < -0.4 is 10.6 Å². The third kappa shape index (κ3) is 2.16. The first-order valence-corrected chi connectivity index (χ1v) is 6.70. The van der Waals surface area contributed by atoms with Crippen LogP contribution in [0.4, 0.5) is 10.3 Å². The largest absolute Gasteiger partial charge is 0.316 e. The standard InChI is InChI=1S/C14H17FN4O/c1-8(9-6-16-7-9)13(20)18-14-17-11-5-10(15)3-4-12(11)19(14)2/h3-5,8-9,16H,6-7H2,1-2H3,(H,17,18,20). The van der Waals surface area contributed by atoms with Crippen molar-refractivity contribution in [1.29, 1.82) is 0 Å². The first-order chi connectivity index (χ1) is 9.56. The van der Waals surface area contributed by atoms with E-state index in [1.807, 2.05) is 6.92 Å². The number of fused-ring (bicyclic) bond motifs is 1. The predicted octanol–water partition coefficient (Wildman–Crippen LogP) is 1.51. The van der Waals surface area contributed by atoms with Crippen molar-refractivity contribution < 1.29 is 9.18 Å². The first kappa shape index (κ1) is 13.1. The fourth-order valence-corrected chi connectivity index (χ4v) is 2.39. The number of rotatable bonds is 3. The van der Waals surface area contributed by atoms with E-state index in [9.17, 15) is 9.18 Å². The van der Waals surface area contributed by atoms with Gasteiger partial charge in [-0.15, -0.1) is 0 Å². The fraction of sp³-hybridized carbons (Fsp3) is 0.429. The van der Waals surface area contributed by atoms with Gasteiger partial charge in [0.05, 0.1) is 11.0 Å². The number of carbonyl (C=O) groups is 1. The van der Waals surface area contributed by atoms with Crippen LogP contribution in [0.15, 0.2) is 18.2 Å². The number of nitrogens with zero attached hydrogens (tertiary/aromatic N) is 2. The summed E-state index contributed by atoms with van der Waals surface area (Å²) in [5.41, 5.74) is 1.33. The van der Waals surface area contributed by atoms with Gasteiger partial charge < -0.3 is 9.88 Å². The van der Waals surface area contributed by atoms with Gasteiger partial charge in [0.1, 0.15) is 5.82 Å². The van der Waals surface area contributed by atoms with Gasteiger partial charge in [0.25, 0.3) is 0 Å². The number of hydrogen-bond donors (Lipinski definition) is 2. The van der Waals surface area contributed by atoms with E-state index in [-0.39, 0.29) is 17.6 Å². The number of nitrogens with one attached hydrogen (secondary N) is 2. The molecule has 2 heterocycles. The van der Waals surface area contributed by atoms with Gasteiger partial charge in [-0.05, 0) is 31.1 Å². The zero-order valence-electron chi connectivity index (χ0n) is 11.5. The Morgan fingerprint density at radius 1 is 1.55 bits per heavy atom. The molecule has 1 unspecified atom stereocenters. The number of aromatic nitrogens is 2. The maximum Gasteiger partial charge on any atom is 0.229 e. The van der Waals surface area contributed by atoms with E-state index in [1.165, 1.54) is 12.1 Å². The van der Waals surface area contributed by atoms with Crippen LogP contribution in [0.25, 0.3) is 11.0 Å². The Labute approximate surface area is 116 Å². The number of carbonyl (C=O) groups excluding carboxylic acids is 1. The molecule has 1 aliphatic rings. The molecule has 5 nitrogen and oxygen atoms in total. The summed E-state index contributed by atoms with van der Waals surface area (Å²) in [5, 5.41) is 5.99. The predicted molar refractivity (Wildman–Crippen MR) is 74.8 cm³/mol. The van der Waals surface area contributed by atoms with E-state index in [2.05, 4.69) is 15.6 Å². The molecule has 6 heteroatoms. The lowest BCUT2D eigenvalue weighted by atomic mass is 9.88. The number of aryl methyl sites for hydroxylation is 1. The second kappa shape index (κ2) is 4.86. The van der Waals surface area contributed by atoms with Crippen LogP contribution in [-0.2, 0) is 11.8 Å². The molecule has 3 rings (SSSR count). The maximum atomic E-state index is 13.2. The number of benzene rings is 1. The van der Waals surface area contributed by atoms with E-state index in [1.54, 1.807) is 17.7 Å². The maximum absolute atomic E-state index is 13.2. The SMILES string of the molecule is CC(C(=O)Nc1nc2cc(F)ccc2n1C)C1CNC1. The Morgan fingerprint density at radius 2 is 2.30 bits per heavy atom. The smallest absolute Gasteiger partial charge is 0.229 e. The lowest BCUT2D eigenvalue weighted by molar-refractivity contribution is -0.121. The summed E-state index contributed by atoms with van der Waals surface area (Å²) in [6.45, 7) is 3.67. The molecule has 1 aliphatic heterocycles. The fourth-order valence-electron chi connectivity index (χ4n) is 2.39. The highest BCUT2D eigenvalue weighted by Gasteiger charge is 2.29. The number of anilines is 1. The van der Waals surface area contributed by atoms with E-state index >= 15 is 0 Å². The summed E-state index contributed by atoms with van der Waals surface area (Å²) < 4.78 is 14.9. The van der Waals surface area contributed by atoms with Gasteiger partial charge in [0.2, 0.25) is 11.9 Å². The Kier molecular flexibility index (Phi) is 3.17. The lowest BCUT2D eigenvalue weighted by Gasteiger charge is -2.31. The molecular weight excluding hydrogens is 259 g/mol. The van der Waals surface area contributed by atoms with Crippen LogP contribution in [-0.4, -0.2) is 28.5 Å². The van der Waals surface area contributed by atoms with Crippen LogP contribution in [0.2, 0.25) is 0 Å². The van der Waals surface area contributed by atoms with Crippen molar-refractivity contribution in [3.8, 4) is 0 Å². The zero-order valence-corrected chi connectivity index (χ0v) is 11.5. The van der Waals surface area contributed by atoms with Crippen molar-refractivity contribution in [2.24, 2.45) is 18.9 Å². The molecule has 1 aromatic heterocycles. The highest BCUT2D eigenvalue weighted by atomic mass is 19.1. The average molecular weight is 276 g/mol. The van der Waals surface area contributed by atoms with Gasteiger partial charge in [-0.1, -0.05) is 6.92 Å². The molecule has 20 heavy (non-hydrogen) atoms. The molecule has 1 atom stereocenters. The molecule has 0 aliphatic carbocycles. The van der Waals surface area contributed by atoms with Crippen molar-refractivity contribution in [2.75, 3.05) is 18.4 Å². The number of halogens is 1. The number of hydrogen-bond acceptors (Lipinski definition) is 3. The van der Waals surface area contributed by atoms with Crippen LogP contribution in [0.3, 0.4) is 0 Å². The quantitative estimate of drug-likeness (QED) is 0.893. The monoisotopic (exact) mass is 276 g/mol. The second-order valence-corrected chi connectivity index (χ2v) is 5.32. The van der Waals surface area contributed by atoms with E-state index in [0.717, 1.165) is 18.6 Å². The summed E-state index contributed by atoms with van der Waals surface area (Å²) in [6, 6.07) is 4.41. The zero-order chi connectivity index (χ0) is 14.3.